The number of alkyl halides is 3. The fourth-order valence-electron chi connectivity index (χ4n) is 2.51. The van der Waals surface area contributed by atoms with Crippen molar-refractivity contribution in [1.82, 2.24) is 10.6 Å². The van der Waals surface area contributed by atoms with Crippen LogP contribution in [0.5, 0.6) is 5.75 Å². The predicted octanol–water partition coefficient (Wildman–Crippen LogP) is 3.19. The molecule has 122 valence electrons. The summed E-state index contributed by atoms with van der Waals surface area (Å²) in [6.45, 7) is 0.207. The van der Waals surface area contributed by atoms with Gasteiger partial charge in [0.2, 0.25) is 0 Å². The molecule has 0 unspecified atom stereocenters. The maximum atomic E-state index is 12.4. The monoisotopic (exact) mass is 315 g/mol. The number of hydrogen-bond acceptors (Lipinski definition) is 2. The Morgan fingerprint density at radius 3 is 2.59 bits per heavy atom. The molecular weight excluding hydrogens is 295 g/mol. The number of benzene rings is 1. The highest BCUT2D eigenvalue weighted by Gasteiger charge is 2.31. The van der Waals surface area contributed by atoms with E-state index in [1.165, 1.54) is 25.0 Å². The second-order valence-electron chi connectivity index (χ2n) is 5.21. The molecular formula is C15H20F3N3O. The first-order valence-corrected chi connectivity index (χ1v) is 7.29. The van der Waals surface area contributed by atoms with Crippen LogP contribution < -0.4 is 15.4 Å². The van der Waals surface area contributed by atoms with Crippen LogP contribution in [0.4, 0.5) is 13.2 Å². The summed E-state index contributed by atoms with van der Waals surface area (Å²) in [6.07, 6.45) is -0.128. The van der Waals surface area contributed by atoms with Gasteiger partial charge in [-0.3, -0.25) is 4.99 Å². The van der Waals surface area contributed by atoms with Crippen molar-refractivity contribution in [2.24, 2.45) is 4.99 Å². The van der Waals surface area contributed by atoms with Crippen LogP contribution in [0.2, 0.25) is 0 Å². The maximum absolute atomic E-state index is 12.4. The van der Waals surface area contributed by atoms with Crippen molar-refractivity contribution in [3.8, 4) is 5.75 Å². The van der Waals surface area contributed by atoms with Gasteiger partial charge < -0.3 is 15.4 Å². The van der Waals surface area contributed by atoms with E-state index in [2.05, 4.69) is 20.4 Å². The Hall–Kier alpha value is -1.92. The van der Waals surface area contributed by atoms with Gasteiger partial charge in [-0.25, -0.2) is 0 Å². The van der Waals surface area contributed by atoms with E-state index in [0.29, 0.717) is 17.6 Å². The zero-order chi connectivity index (χ0) is 16.0. The minimum atomic E-state index is -4.69. The lowest BCUT2D eigenvalue weighted by atomic mass is 10.2. The van der Waals surface area contributed by atoms with Gasteiger partial charge in [0.25, 0.3) is 0 Å². The van der Waals surface area contributed by atoms with E-state index in [1.807, 2.05) is 0 Å². The number of ether oxygens (including phenoxy) is 1. The minimum Gasteiger partial charge on any atom is -0.405 e. The van der Waals surface area contributed by atoms with Gasteiger partial charge in [0.15, 0.2) is 5.96 Å². The molecule has 0 saturated heterocycles. The molecule has 0 radical (unpaired) electrons. The summed E-state index contributed by atoms with van der Waals surface area (Å²) >= 11 is 0. The molecule has 7 heteroatoms. The van der Waals surface area contributed by atoms with Crippen LogP contribution in [0.3, 0.4) is 0 Å². The van der Waals surface area contributed by atoms with Gasteiger partial charge in [0.1, 0.15) is 5.75 Å². The van der Waals surface area contributed by atoms with Crippen LogP contribution in [-0.4, -0.2) is 25.4 Å². The first kappa shape index (κ1) is 16.5. The minimum absolute atomic E-state index is 0.196. The van der Waals surface area contributed by atoms with Crippen molar-refractivity contribution in [1.29, 1.82) is 0 Å². The van der Waals surface area contributed by atoms with Gasteiger partial charge in [0, 0.05) is 25.2 Å². The van der Waals surface area contributed by atoms with E-state index < -0.39 is 6.36 Å². The number of nitrogens with one attached hydrogen (secondary N) is 2. The molecule has 0 aromatic heterocycles. The highest BCUT2D eigenvalue weighted by Crippen LogP contribution is 2.26. The number of guanidine groups is 1. The topological polar surface area (TPSA) is 45.7 Å². The molecule has 0 heterocycles. The lowest BCUT2D eigenvalue weighted by Crippen LogP contribution is -2.42. The SMILES string of the molecule is CN=C(NCc1ccccc1OC(F)(F)F)NC1CCCC1. The summed E-state index contributed by atoms with van der Waals surface area (Å²) in [4.78, 5) is 4.10. The van der Waals surface area contributed by atoms with Gasteiger partial charge in [-0.1, -0.05) is 31.0 Å². The molecule has 0 atom stereocenters. The van der Waals surface area contributed by atoms with Gasteiger partial charge in [-0.05, 0) is 18.9 Å². The van der Waals surface area contributed by atoms with E-state index in [9.17, 15) is 13.2 Å². The van der Waals surface area contributed by atoms with Crippen molar-refractivity contribution in [3.05, 3.63) is 29.8 Å². The van der Waals surface area contributed by atoms with Crippen LogP contribution in [0.25, 0.3) is 0 Å². The largest absolute Gasteiger partial charge is 0.573 e. The summed E-state index contributed by atoms with van der Waals surface area (Å²) in [5.74, 6) is 0.396. The van der Waals surface area contributed by atoms with Crippen molar-refractivity contribution in [2.75, 3.05) is 7.05 Å². The van der Waals surface area contributed by atoms with E-state index in [-0.39, 0.29) is 12.3 Å². The summed E-state index contributed by atoms with van der Waals surface area (Å²) < 4.78 is 41.2. The molecule has 2 rings (SSSR count). The van der Waals surface area contributed by atoms with Crippen molar-refractivity contribution < 1.29 is 17.9 Å². The van der Waals surface area contributed by atoms with Gasteiger partial charge in [-0.2, -0.15) is 0 Å². The smallest absolute Gasteiger partial charge is 0.405 e. The van der Waals surface area contributed by atoms with Gasteiger partial charge in [0.05, 0.1) is 0 Å². The Kier molecular flexibility index (Phi) is 5.51. The molecule has 0 spiro atoms. The zero-order valence-corrected chi connectivity index (χ0v) is 12.4. The van der Waals surface area contributed by atoms with E-state index in [0.717, 1.165) is 12.8 Å². The second kappa shape index (κ2) is 7.38. The van der Waals surface area contributed by atoms with Crippen molar-refractivity contribution >= 4 is 5.96 Å². The maximum Gasteiger partial charge on any atom is 0.573 e. The van der Waals surface area contributed by atoms with E-state index >= 15 is 0 Å². The van der Waals surface area contributed by atoms with Crippen LogP contribution in [0, 0.1) is 0 Å². The molecule has 1 aromatic carbocycles. The lowest BCUT2D eigenvalue weighted by Gasteiger charge is -2.18. The summed E-state index contributed by atoms with van der Waals surface area (Å²) in [6, 6.07) is 6.46. The molecule has 0 amide bonds. The number of rotatable bonds is 4. The number of nitrogens with zero attached hydrogens (tertiary/aromatic N) is 1. The predicted molar refractivity (Wildman–Crippen MR) is 78.7 cm³/mol. The molecule has 1 fully saturated rings. The summed E-state index contributed by atoms with van der Waals surface area (Å²) in [5.41, 5.74) is 0.425. The highest BCUT2D eigenvalue weighted by molar-refractivity contribution is 5.80. The zero-order valence-electron chi connectivity index (χ0n) is 12.4. The number of hydrogen-bond donors (Lipinski definition) is 2. The third kappa shape index (κ3) is 5.13. The molecule has 0 bridgehead atoms. The normalized spacial score (nSPS) is 16.6. The Morgan fingerprint density at radius 2 is 1.95 bits per heavy atom. The average molecular weight is 315 g/mol. The number of aliphatic imine (C=N–C) groups is 1. The lowest BCUT2D eigenvalue weighted by molar-refractivity contribution is -0.274. The van der Waals surface area contributed by atoms with Crippen LogP contribution in [0.15, 0.2) is 29.3 Å². The molecule has 2 N–H and O–H groups in total. The fourth-order valence-corrected chi connectivity index (χ4v) is 2.51. The van der Waals surface area contributed by atoms with E-state index in [1.54, 1.807) is 19.2 Å². The molecule has 1 saturated carbocycles. The van der Waals surface area contributed by atoms with E-state index in [4.69, 9.17) is 0 Å². The van der Waals surface area contributed by atoms with Crippen LogP contribution in [0.1, 0.15) is 31.2 Å². The molecule has 1 aliphatic carbocycles. The Morgan fingerprint density at radius 1 is 1.27 bits per heavy atom. The standard InChI is InChI=1S/C15H20F3N3O/c1-19-14(21-12-7-3-4-8-12)20-10-11-6-2-5-9-13(11)22-15(16,17)18/h2,5-6,9,12H,3-4,7-8,10H2,1H3,(H2,19,20,21). The van der Waals surface area contributed by atoms with Gasteiger partial charge in [-0.15, -0.1) is 13.2 Å². The molecule has 4 nitrogen and oxygen atoms in total. The van der Waals surface area contributed by atoms with Crippen molar-refractivity contribution in [2.45, 2.75) is 44.6 Å². The molecule has 1 aromatic rings. The van der Waals surface area contributed by atoms with Crippen LogP contribution in [-0.2, 0) is 6.54 Å². The quantitative estimate of drug-likeness (QED) is 0.662. The second-order valence-corrected chi connectivity index (χ2v) is 5.21. The average Bonchev–Trinajstić information content (AvgIpc) is 2.96. The molecule has 0 aliphatic heterocycles. The molecule has 1 aliphatic rings. The highest BCUT2D eigenvalue weighted by atomic mass is 19.4. The Bertz CT molecular complexity index is 511. The number of para-hydroxylation sites is 1. The first-order chi connectivity index (χ1) is 10.5. The van der Waals surface area contributed by atoms with Gasteiger partial charge >= 0.3 is 6.36 Å². The summed E-state index contributed by atoms with van der Waals surface area (Å²) in [5, 5.41) is 6.31. The first-order valence-electron chi connectivity index (χ1n) is 7.29. The molecule has 22 heavy (non-hydrogen) atoms. The third-order valence-electron chi connectivity index (χ3n) is 3.56. The summed E-state index contributed by atoms with van der Waals surface area (Å²) in [7, 11) is 1.64. The third-order valence-corrected chi connectivity index (χ3v) is 3.56. The van der Waals surface area contributed by atoms with Crippen LogP contribution >= 0.6 is 0 Å². The fraction of sp³-hybridized carbons (Fsp3) is 0.533. The Labute approximate surface area is 127 Å². The Balaban J connectivity index is 1.95. The number of halogens is 3. The van der Waals surface area contributed by atoms with Crippen molar-refractivity contribution in [3.63, 3.8) is 0 Å².